The Hall–Kier alpha value is -3.08. The number of hydrogen-bond acceptors (Lipinski definition) is 3. The summed E-state index contributed by atoms with van der Waals surface area (Å²) in [5.74, 6) is -0.149. The lowest BCUT2D eigenvalue weighted by Crippen LogP contribution is -2.70. The first kappa shape index (κ1) is 17.7. The zero-order chi connectivity index (χ0) is 18.5. The Morgan fingerprint density at radius 1 is 1.15 bits per heavy atom. The lowest BCUT2D eigenvalue weighted by atomic mass is 9.92. The van der Waals surface area contributed by atoms with Crippen molar-refractivity contribution in [1.82, 2.24) is 5.32 Å². The molecule has 5 heteroatoms. The molecule has 0 aromatic heterocycles. The molecule has 2 amide bonds. The fraction of sp³-hybridized carbons (Fsp3) is 0.238. The molecule has 1 heterocycles. The van der Waals surface area contributed by atoms with Gasteiger partial charge in [-0.05, 0) is 31.5 Å². The van der Waals surface area contributed by atoms with E-state index in [0.717, 1.165) is 16.8 Å². The molecular weight excluding hydrogens is 328 g/mol. The summed E-state index contributed by atoms with van der Waals surface area (Å²) in [5.41, 5.74) is 2.97. The van der Waals surface area contributed by atoms with Gasteiger partial charge in [-0.15, -0.1) is 0 Å². The molecule has 0 saturated carbocycles. The van der Waals surface area contributed by atoms with E-state index in [0.29, 0.717) is 0 Å². The molecule has 5 nitrogen and oxygen atoms in total. The minimum absolute atomic E-state index is 0.149. The molecular formula is C21H22N2O3. The van der Waals surface area contributed by atoms with Gasteiger partial charge in [0.15, 0.2) is 0 Å². The van der Waals surface area contributed by atoms with E-state index in [-0.39, 0.29) is 18.6 Å². The van der Waals surface area contributed by atoms with Gasteiger partial charge in [-0.1, -0.05) is 60.2 Å². The maximum Gasteiger partial charge on any atom is 0.407 e. The first-order chi connectivity index (χ1) is 12.6. The molecule has 134 valence electrons. The summed E-state index contributed by atoms with van der Waals surface area (Å²) in [4.78, 5) is 26.1. The Morgan fingerprint density at radius 3 is 2.50 bits per heavy atom. The van der Waals surface area contributed by atoms with Crippen LogP contribution in [0.1, 0.15) is 18.1 Å². The normalized spacial score (nSPS) is 19.3. The fourth-order valence-corrected chi connectivity index (χ4v) is 2.93. The minimum atomic E-state index is -0.629. The Balaban J connectivity index is 1.83. The van der Waals surface area contributed by atoms with Crippen molar-refractivity contribution in [1.29, 1.82) is 0 Å². The quantitative estimate of drug-likeness (QED) is 0.839. The smallest absolute Gasteiger partial charge is 0.407 e. The number of β-lactam (4-membered cyclic amide) rings is 1. The number of rotatable bonds is 5. The molecule has 0 aliphatic carbocycles. The average Bonchev–Trinajstić information content (AvgIpc) is 2.65. The fourth-order valence-electron chi connectivity index (χ4n) is 2.93. The van der Waals surface area contributed by atoms with Crippen molar-refractivity contribution in [2.45, 2.75) is 25.9 Å². The van der Waals surface area contributed by atoms with Gasteiger partial charge in [-0.25, -0.2) is 4.79 Å². The molecule has 3 rings (SSSR count). The maximum atomic E-state index is 12.6. The van der Waals surface area contributed by atoms with Gasteiger partial charge in [0, 0.05) is 5.69 Å². The number of nitrogens with zero attached hydrogens (tertiary/aromatic N) is 1. The van der Waals surface area contributed by atoms with Crippen molar-refractivity contribution in [2.75, 3.05) is 11.5 Å². The highest BCUT2D eigenvalue weighted by Crippen LogP contribution is 2.30. The van der Waals surface area contributed by atoms with E-state index < -0.39 is 12.1 Å². The van der Waals surface area contributed by atoms with Crippen LogP contribution < -0.4 is 10.2 Å². The van der Waals surface area contributed by atoms with Crippen molar-refractivity contribution in [3.63, 3.8) is 0 Å². The molecule has 0 spiro atoms. The van der Waals surface area contributed by atoms with Gasteiger partial charge in [0.2, 0.25) is 0 Å². The van der Waals surface area contributed by atoms with Crippen LogP contribution in [0.25, 0.3) is 6.08 Å². The van der Waals surface area contributed by atoms with Crippen LogP contribution in [0.4, 0.5) is 10.5 Å². The van der Waals surface area contributed by atoms with Gasteiger partial charge < -0.3 is 15.0 Å². The Labute approximate surface area is 153 Å². The number of benzene rings is 2. The molecule has 2 aromatic rings. The van der Waals surface area contributed by atoms with E-state index in [4.69, 9.17) is 4.74 Å². The van der Waals surface area contributed by atoms with Crippen LogP contribution in [0.15, 0.2) is 60.7 Å². The summed E-state index contributed by atoms with van der Waals surface area (Å²) in [6.45, 7) is 3.99. The zero-order valence-corrected chi connectivity index (χ0v) is 14.9. The lowest BCUT2D eigenvalue weighted by molar-refractivity contribution is -0.126. The van der Waals surface area contributed by atoms with Gasteiger partial charge in [0.05, 0.1) is 12.6 Å². The molecule has 1 fully saturated rings. The molecule has 0 unspecified atom stereocenters. The number of anilines is 1. The van der Waals surface area contributed by atoms with Crippen molar-refractivity contribution in [3.05, 3.63) is 71.8 Å². The number of carbonyl (C=O) groups is 2. The van der Waals surface area contributed by atoms with Gasteiger partial charge in [0.1, 0.15) is 6.04 Å². The monoisotopic (exact) mass is 350 g/mol. The van der Waals surface area contributed by atoms with Crippen molar-refractivity contribution >= 4 is 23.8 Å². The number of amides is 2. The maximum absolute atomic E-state index is 12.6. The molecule has 2 aromatic carbocycles. The highest BCUT2D eigenvalue weighted by atomic mass is 16.5. The van der Waals surface area contributed by atoms with Crippen LogP contribution in [0, 0.1) is 6.92 Å². The van der Waals surface area contributed by atoms with Crippen molar-refractivity contribution in [3.8, 4) is 0 Å². The van der Waals surface area contributed by atoms with E-state index in [1.54, 1.807) is 11.8 Å². The number of hydrogen-bond donors (Lipinski definition) is 1. The van der Waals surface area contributed by atoms with Crippen LogP contribution in [-0.2, 0) is 9.53 Å². The van der Waals surface area contributed by atoms with E-state index >= 15 is 0 Å². The van der Waals surface area contributed by atoms with E-state index in [1.165, 1.54) is 0 Å². The number of ether oxygens (including phenoxy) is 1. The molecule has 2 atom stereocenters. The second-order valence-electron chi connectivity index (χ2n) is 6.15. The summed E-state index contributed by atoms with van der Waals surface area (Å²) in [5, 5.41) is 2.66. The first-order valence-electron chi connectivity index (χ1n) is 8.66. The summed E-state index contributed by atoms with van der Waals surface area (Å²) in [6, 6.07) is 16.7. The van der Waals surface area contributed by atoms with Crippen LogP contribution in [-0.4, -0.2) is 30.7 Å². The lowest BCUT2D eigenvalue weighted by Gasteiger charge is -2.45. The second-order valence-corrected chi connectivity index (χ2v) is 6.15. The first-order valence-corrected chi connectivity index (χ1v) is 8.66. The van der Waals surface area contributed by atoms with Crippen molar-refractivity contribution < 1.29 is 14.3 Å². The van der Waals surface area contributed by atoms with E-state index in [2.05, 4.69) is 5.32 Å². The molecule has 1 aliphatic heterocycles. The van der Waals surface area contributed by atoms with Gasteiger partial charge in [-0.3, -0.25) is 4.79 Å². The predicted molar refractivity (Wildman–Crippen MR) is 102 cm³/mol. The number of aryl methyl sites for hydroxylation is 1. The molecule has 1 saturated heterocycles. The predicted octanol–water partition coefficient (Wildman–Crippen LogP) is 3.54. The minimum Gasteiger partial charge on any atom is -0.450 e. The third-order valence-corrected chi connectivity index (χ3v) is 4.29. The largest absolute Gasteiger partial charge is 0.450 e. The topological polar surface area (TPSA) is 58.6 Å². The van der Waals surface area contributed by atoms with Gasteiger partial charge >= 0.3 is 6.09 Å². The number of nitrogens with one attached hydrogen (secondary N) is 1. The molecule has 0 radical (unpaired) electrons. The highest BCUT2D eigenvalue weighted by Gasteiger charge is 2.47. The summed E-state index contributed by atoms with van der Waals surface area (Å²) >= 11 is 0. The van der Waals surface area contributed by atoms with Crippen LogP contribution in [0.3, 0.4) is 0 Å². The SMILES string of the molecule is CCOC(=O)N[C@@H]1C(=O)N(c2ccc(C)cc2)[C@@H]1/C=C/c1ccccc1. The van der Waals surface area contributed by atoms with E-state index in [9.17, 15) is 9.59 Å². The van der Waals surface area contributed by atoms with E-state index in [1.807, 2.05) is 73.7 Å². The number of alkyl carbamates (subject to hydrolysis) is 1. The molecule has 26 heavy (non-hydrogen) atoms. The second kappa shape index (κ2) is 7.87. The third kappa shape index (κ3) is 3.77. The average molecular weight is 350 g/mol. The third-order valence-electron chi connectivity index (χ3n) is 4.29. The summed E-state index contributed by atoms with van der Waals surface area (Å²) in [6.07, 6.45) is 3.32. The Morgan fingerprint density at radius 2 is 1.85 bits per heavy atom. The summed E-state index contributed by atoms with van der Waals surface area (Å²) in [7, 11) is 0. The standard InChI is InChI=1S/C21H22N2O3/c1-3-26-21(25)22-19-18(14-11-16-7-5-4-6-8-16)23(20(19)24)17-12-9-15(2)10-13-17/h4-14,18-19H,3H2,1-2H3,(H,22,25)/b14-11+/t18-,19+/m1/s1. The Kier molecular flexibility index (Phi) is 5.37. The van der Waals surface area contributed by atoms with Crippen LogP contribution in [0.5, 0.6) is 0 Å². The highest BCUT2D eigenvalue weighted by molar-refractivity contribution is 6.07. The van der Waals surface area contributed by atoms with Crippen LogP contribution in [0.2, 0.25) is 0 Å². The van der Waals surface area contributed by atoms with Crippen molar-refractivity contribution in [2.24, 2.45) is 0 Å². The molecule has 1 aliphatic rings. The van der Waals surface area contributed by atoms with Gasteiger partial charge in [-0.2, -0.15) is 0 Å². The molecule has 1 N–H and O–H groups in total. The van der Waals surface area contributed by atoms with Crippen LogP contribution >= 0.6 is 0 Å². The summed E-state index contributed by atoms with van der Waals surface area (Å²) < 4.78 is 4.92. The Bertz CT molecular complexity index is 800. The zero-order valence-electron chi connectivity index (χ0n) is 14.9. The number of carbonyl (C=O) groups excluding carboxylic acids is 2. The van der Waals surface area contributed by atoms with Gasteiger partial charge in [0.25, 0.3) is 5.91 Å². The molecule has 0 bridgehead atoms.